The number of nitrogens with one attached hydrogen (secondary N) is 1. The number of rotatable bonds is 6. The summed E-state index contributed by atoms with van der Waals surface area (Å²) < 4.78 is 4.79. The zero-order valence-corrected chi connectivity index (χ0v) is 12.1. The lowest BCUT2D eigenvalue weighted by atomic mass is 10.1. The van der Waals surface area contributed by atoms with E-state index in [2.05, 4.69) is 5.32 Å². The Morgan fingerprint density at radius 2 is 1.82 bits per heavy atom. The lowest BCUT2D eigenvalue weighted by Crippen LogP contribution is -2.33. The number of hydrogen-bond acceptors (Lipinski definition) is 5. The van der Waals surface area contributed by atoms with Crippen LogP contribution in [-0.4, -0.2) is 24.0 Å². The number of methoxy groups -OCH3 is 1. The molecule has 1 N–H and O–H groups in total. The van der Waals surface area contributed by atoms with Gasteiger partial charge >= 0.3 is 5.97 Å². The van der Waals surface area contributed by atoms with E-state index in [1.165, 1.54) is 13.2 Å². The van der Waals surface area contributed by atoms with Gasteiger partial charge in [-0.3, -0.25) is 10.1 Å². The summed E-state index contributed by atoms with van der Waals surface area (Å²) in [6, 6.07) is 14.9. The fraction of sp³-hybridized carbons (Fsp3) is 0.188. The number of nitro groups is 1. The molecule has 0 aromatic heterocycles. The van der Waals surface area contributed by atoms with Gasteiger partial charge in [0.2, 0.25) is 0 Å². The topological polar surface area (TPSA) is 81.5 Å². The molecule has 0 spiro atoms. The average Bonchev–Trinajstić information content (AvgIpc) is 2.54. The molecule has 1 atom stereocenters. The molecule has 0 aliphatic carbocycles. The van der Waals surface area contributed by atoms with Gasteiger partial charge in [0.15, 0.2) is 0 Å². The van der Waals surface area contributed by atoms with Crippen LogP contribution in [0.1, 0.15) is 5.56 Å². The minimum absolute atomic E-state index is 0.0792. The first kappa shape index (κ1) is 15.5. The number of carbonyl (C=O) groups is 1. The Kier molecular flexibility index (Phi) is 5.08. The minimum Gasteiger partial charge on any atom is -0.467 e. The van der Waals surface area contributed by atoms with Crippen molar-refractivity contribution in [2.45, 2.75) is 12.5 Å². The van der Waals surface area contributed by atoms with E-state index in [1.54, 1.807) is 18.2 Å². The Bertz CT molecular complexity index is 658. The molecular formula is C16H16N2O4. The van der Waals surface area contributed by atoms with Crippen molar-refractivity contribution in [3.05, 3.63) is 70.3 Å². The van der Waals surface area contributed by atoms with Gasteiger partial charge in [-0.2, -0.15) is 0 Å². The maximum atomic E-state index is 11.9. The third kappa shape index (κ3) is 3.82. The predicted molar refractivity (Wildman–Crippen MR) is 82.7 cm³/mol. The summed E-state index contributed by atoms with van der Waals surface area (Å²) in [6.07, 6.45) is 0.375. The van der Waals surface area contributed by atoms with Crippen LogP contribution < -0.4 is 5.32 Å². The normalized spacial score (nSPS) is 11.5. The first-order chi connectivity index (χ1) is 10.6. The summed E-state index contributed by atoms with van der Waals surface area (Å²) in [7, 11) is 1.29. The molecule has 2 aromatic carbocycles. The first-order valence-corrected chi connectivity index (χ1v) is 6.73. The van der Waals surface area contributed by atoms with Gasteiger partial charge in [0, 0.05) is 12.5 Å². The highest BCUT2D eigenvalue weighted by molar-refractivity contribution is 5.81. The van der Waals surface area contributed by atoms with Crippen molar-refractivity contribution in [2.75, 3.05) is 12.4 Å². The molecule has 0 aliphatic rings. The highest BCUT2D eigenvalue weighted by atomic mass is 16.6. The van der Waals surface area contributed by atoms with E-state index in [-0.39, 0.29) is 5.69 Å². The van der Waals surface area contributed by atoms with Crippen molar-refractivity contribution in [3.63, 3.8) is 0 Å². The summed E-state index contributed by atoms with van der Waals surface area (Å²) in [5.41, 5.74) is 1.15. The second-order valence-corrected chi connectivity index (χ2v) is 4.68. The number of ether oxygens (including phenoxy) is 1. The molecule has 6 heteroatoms. The molecule has 114 valence electrons. The number of hydrogen-bond donors (Lipinski definition) is 1. The van der Waals surface area contributed by atoms with Crippen molar-refractivity contribution in [1.29, 1.82) is 0 Å². The van der Waals surface area contributed by atoms with Gasteiger partial charge in [0.05, 0.1) is 12.0 Å². The van der Waals surface area contributed by atoms with Gasteiger partial charge in [-0.15, -0.1) is 0 Å². The molecule has 6 nitrogen and oxygen atoms in total. The van der Waals surface area contributed by atoms with Crippen molar-refractivity contribution in [3.8, 4) is 0 Å². The van der Waals surface area contributed by atoms with Crippen LogP contribution in [0.5, 0.6) is 0 Å². The second kappa shape index (κ2) is 7.21. The zero-order valence-electron chi connectivity index (χ0n) is 12.1. The molecule has 0 fully saturated rings. The largest absolute Gasteiger partial charge is 0.467 e. The first-order valence-electron chi connectivity index (χ1n) is 6.73. The highest BCUT2D eigenvalue weighted by Crippen LogP contribution is 2.24. The third-order valence-electron chi connectivity index (χ3n) is 3.20. The van der Waals surface area contributed by atoms with Crippen LogP contribution in [0.3, 0.4) is 0 Å². The molecule has 0 bridgehead atoms. The van der Waals surface area contributed by atoms with E-state index in [4.69, 9.17) is 4.74 Å². The van der Waals surface area contributed by atoms with Crippen molar-refractivity contribution in [1.82, 2.24) is 0 Å². The SMILES string of the molecule is COC(=O)C(Cc1ccccc1)Nc1ccccc1[N+](=O)[O-]. The van der Waals surface area contributed by atoms with Gasteiger partial charge in [0.25, 0.3) is 5.69 Å². The standard InChI is InChI=1S/C16H16N2O4/c1-22-16(19)14(11-12-7-3-2-4-8-12)17-13-9-5-6-10-15(13)18(20)21/h2-10,14,17H,11H2,1H3. The molecule has 0 saturated carbocycles. The smallest absolute Gasteiger partial charge is 0.328 e. The van der Waals surface area contributed by atoms with Crippen molar-refractivity contribution in [2.24, 2.45) is 0 Å². The molecule has 0 amide bonds. The van der Waals surface area contributed by atoms with Crippen LogP contribution in [0.25, 0.3) is 0 Å². The van der Waals surface area contributed by atoms with E-state index >= 15 is 0 Å². The van der Waals surface area contributed by atoms with Crippen molar-refractivity contribution >= 4 is 17.3 Å². The van der Waals surface area contributed by atoms with Gasteiger partial charge in [0.1, 0.15) is 11.7 Å². The highest BCUT2D eigenvalue weighted by Gasteiger charge is 2.23. The summed E-state index contributed by atoms with van der Waals surface area (Å²) in [4.78, 5) is 22.5. The van der Waals surface area contributed by atoms with Crippen LogP contribution in [0, 0.1) is 10.1 Å². The maximum absolute atomic E-state index is 11.9. The summed E-state index contributed by atoms with van der Waals surface area (Å²) in [5, 5.41) is 14.0. The minimum atomic E-state index is -0.700. The molecular weight excluding hydrogens is 284 g/mol. The molecule has 0 heterocycles. The molecule has 2 rings (SSSR count). The average molecular weight is 300 g/mol. The summed E-state index contributed by atoms with van der Waals surface area (Å²) in [5.74, 6) is -0.470. The maximum Gasteiger partial charge on any atom is 0.328 e. The van der Waals surface area contributed by atoms with E-state index in [9.17, 15) is 14.9 Å². The molecule has 22 heavy (non-hydrogen) atoms. The van der Waals surface area contributed by atoms with Crippen molar-refractivity contribution < 1.29 is 14.5 Å². The number of anilines is 1. The summed E-state index contributed by atoms with van der Waals surface area (Å²) >= 11 is 0. The van der Waals surface area contributed by atoms with Crippen LogP contribution in [0.4, 0.5) is 11.4 Å². The quantitative estimate of drug-likeness (QED) is 0.504. The Morgan fingerprint density at radius 3 is 2.45 bits per heavy atom. The predicted octanol–water partition coefficient (Wildman–Crippen LogP) is 2.79. The number of benzene rings is 2. The van der Waals surface area contributed by atoms with Gasteiger partial charge in [-0.25, -0.2) is 4.79 Å². The van der Waals surface area contributed by atoms with Crippen LogP contribution in [0.15, 0.2) is 54.6 Å². The van der Waals surface area contributed by atoms with Gasteiger partial charge < -0.3 is 10.1 Å². The number of esters is 1. The Hall–Kier alpha value is -2.89. The third-order valence-corrected chi connectivity index (χ3v) is 3.20. The fourth-order valence-electron chi connectivity index (χ4n) is 2.13. The van der Waals surface area contributed by atoms with Crippen LogP contribution >= 0.6 is 0 Å². The Labute approximate surface area is 127 Å². The fourth-order valence-corrected chi connectivity index (χ4v) is 2.13. The zero-order chi connectivity index (χ0) is 15.9. The number of nitro benzene ring substituents is 1. The molecule has 0 saturated heterocycles. The number of nitrogens with zero attached hydrogens (tertiary/aromatic N) is 1. The molecule has 0 aliphatic heterocycles. The lowest BCUT2D eigenvalue weighted by Gasteiger charge is -2.17. The van der Waals surface area contributed by atoms with E-state index in [0.717, 1.165) is 5.56 Å². The summed E-state index contributed by atoms with van der Waals surface area (Å²) in [6.45, 7) is 0. The molecule has 2 aromatic rings. The second-order valence-electron chi connectivity index (χ2n) is 4.68. The van der Waals surface area contributed by atoms with E-state index < -0.39 is 16.9 Å². The molecule has 0 radical (unpaired) electrons. The van der Waals surface area contributed by atoms with Crippen LogP contribution in [-0.2, 0) is 16.0 Å². The molecule has 1 unspecified atom stereocenters. The van der Waals surface area contributed by atoms with Gasteiger partial charge in [-0.1, -0.05) is 42.5 Å². The number of para-hydroxylation sites is 2. The van der Waals surface area contributed by atoms with Gasteiger partial charge in [-0.05, 0) is 11.6 Å². The Morgan fingerprint density at radius 1 is 1.18 bits per heavy atom. The number of carbonyl (C=O) groups excluding carboxylic acids is 1. The Balaban J connectivity index is 2.24. The van der Waals surface area contributed by atoms with E-state index in [0.29, 0.717) is 12.1 Å². The monoisotopic (exact) mass is 300 g/mol. The van der Waals surface area contributed by atoms with Crippen LogP contribution in [0.2, 0.25) is 0 Å². The lowest BCUT2D eigenvalue weighted by molar-refractivity contribution is -0.384. The van der Waals surface area contributed by atoms with E-state index in [1.807, 2.05) is 30.3 Å².